The lowest BCUT2D eigenvalue weighted by molar-refractivity contribution is 0.210. The summed E-state index contributed by atoms with van der Waals surface area (Å²) in [5, 5.41) is 0. The first-order valence-corrected chi connectivity index (χ1v) is 3.67. The van der Waals surface area contributed by atoms with Crippen molar-refractivity contribution < 1.29 is 4.39 Å². The molecule has 0 amide bonds. The number of rotatable bonds is 1. The van der Waals surface area contributed by atoms with Crippen LogP contribution in [0.4, 0.5) is 4.39 Å². The second-order valence-corrected chi connectivity index (χ2v) is 2.85. The fraction of sp³-hybridized carbons (Fsp3) is 1.00. The van der Waals surface area contributed by atoms with Crippen LogP contribution >= 0.6 is 0 Å². The van der Waals surface area contributed by atoms with E-state index in [1.54, 1.807) is 0 Å². The maximum absolute atomic E-state index is 12.5. The molecule has 2 heteroatoms. The summed E-state index contributed by atoms with van der Waals surface area (Å²) in [6, 6.07) is 0. The van der Waals surface area contributed by atoms with Crippen molar-refractivity contribution in [2.75, 3.05) is 6.54 Å². The second-order valence-electron chi connectivity index (χ2n) is 2.85. The van der Waals surface area contributed by atoms with Crippen molar-refractivity contribution in [1.29, 1.82) is 0 Å². The van der Waals surface area contributed by atoms with Crippen molar-refractivity contribution in [2.24, 2.45) is 11.7 Å². The van der Waals surface area contributed by atoms with E-state index in [4.69, 9.17) is 5.73 Å². The number of halogens is 1. The maximum atomic E-state index is 12.5. The molecule has 0 bridgehead atoms. The molecule has 0 spiro atoms. The molecule has 9 heavy (non-hydrogen) atoms. The van der Waals surface area contributed by atoms with Gasteiger partial charge in [0.1, 0.15) is 6.17 Å². The Hall–Kier alpha value is -0.110. The molecule has 0 unspecified atom stereocenters. The molecule has 0 aliphatic heterocycles. The molecule has 1 fully saturated rings. The van der Waals surface area contributed by atoms with Gasteiger partial charge in [0.25, 0.3) is 0 Å². The summed E-state index contributed by atoms with van der Waals surface area (Å²) in [4.78, 5) is 0. The molecule has 0 heterocycles. The Labute approximate surface area is 55.4 Å². The highest BCUT2D eigenvalue weighted by atomic mass is 19.1. The van der Waals surface area contributed by atoms with Crippen LogP contribution in [0.3, 0.4) is 0 Å². The van der Waals surface area contributed by atoms with Gasteiger partial charge in [0.2, 0.25) is 0 Å². The van der Waals surface area contributed by atoms with E-state index < -0.39 is 6.17 Å². The highest BCUT2D eigenvalue weighted by molar-refractivity contribution is 4.71. The molecule has 0 aromatic rings. The molecule has 0 radical (unpaired) electrons. The van der Waals surface area contributed by atoms with Crippen LogP contribution in [0.5, 0.6) is 0 Å². The van der Waals surface area contributed by atoms with Gasteiger partial charge >= 0.3 is 0 Å². The minimum Gasteiger partial charge on any atom is -0.330 e. The standard InChI is InChI=1S/C7H14FN/c8-7-3-1-6(5-9)2-4-7/h6-7H,1-5,9H2. The summed E-state index contributed by atoms with van der Waals surface area (Å²) >= 11 is 0. The molecule has 0 aromatic heterocycles. The molecular weight excluding hydrogens is 117 g/mol. The molecule has 1 nitrogen and oxygen atoms in total. The van der Waals surface area contributed by atoms with Crippen molar-refractivity contribution in [3.05, 3.63) is 0 Å². The first kappa shape index (κ1) is 7.00. The SMILES string of the molecule is NCC1CCC(F)CC1. The molecule has 1 aliphatic carbocycles. The number of hydrogen-bond donors (Lipinski definition) is 1. The third-order valence-corrected chi connectivity index (χ3v) is 2.11. The van der Waals surface area contributed by atoms with E-state index in [0.29, 0.717) is 5.92 Å². The van der Waals surface area contributed by atoms with Gasteiger partial charge in [-0.2, -0.15) is 0 Å². The molecule has 0 saturated heterocycles. The average Bonchev–Trinajstić information content (AvgIpc) is 1.90. The minimum absolute atomic E-state index is 0.534. The first-order chi connectivity index (χ1) is 4.33. The Bertz CT molecular complexity index is 77.0. The quantitative estimate of drug-likeness (QED) is 0.573. The topological polar surface area (TPSA) is 26.0 Å². The third kappa shape index (κ3) is 1.94. The zero-order valence-electron chi connectivity index (χ0n) is 5.65. The van der Waals surface area contributed by atoms with Crippen molar-refractivity contribution >= 4 is 0 Å². The van der Waals surface area contributed by atoms with E-state index in [1.165, 1.54) is 0 Å². The van der Waals surface area contributed by atoms with Gasteiger partial charge < -0.3 is 5.73 Å². The van der Waals surface area contributed by atoms with E-state index in [9.17, 15) is 4.39 Å². The predicted octanol–water partition coefficient (Wildman–Crippen LogP) is 1.47. The normalized spacial score (nSPS) is 36.7. The Balaban J connectivity index is 2.18. The molecule has 1 aliphatic rings. The van der Waals surface area contributed by atoms with Crippen molar-refractivity contribution in [2.45, 2.75) is 31.9 Å². The second kappa shape index (κ2) is 3.16. The molecule has 1 rings (SSSR count). The first-order valence-electron chi connectivity index (χ1n) is 3.67. The zero-order chi connectivity index (χ0) is 6.69. The van der Waals surface area contributed by atoms with Gasteiger partial charge in [0.15, 0.2) is 0 Å². The largest absolute Gasteiger partial charge is 0.330 e. The van der Waals surface area contributed by atoms with Gasteiger partial charge in [0, 0.05) is 0 Å². The van der Waals surface area contributed by atoms with Crippen LogP contribution in [0.25, 0.3) is 0 Å². The molecule has 0 aromatic carbocycles. The van der Waals surface area contributed by atoms with Crippen LogP contribution in [0, 0.1) is 5.92 Å². The number of hydrogen-bond acceptors (Lipinski definition) is 1. The Morgan fingerprint density at radius 1 is 1.22 bits per heavy atom. The predicted molar refractivity (Wildman–Crippen MR) is 35.9 cm³/mol. The van der Waals surface area contributed by atoms with Gasteiger partial charge in [-0.3, -0.25) is 0 Å². The molecule has 2 N–H and O–H groups in total. The minimum atomic E-state index is -0.534. The summed E-state index contributed by atoms with van der Waals surface area (Å²) < 4.78 is 12.5. The van der Waals surface area contributed by atoms with Crippen LogP contribution < -0.4 is 5.73 Å². The lowest BCUT2D eigenvalue weighted by atomic mass is 9.88. The molecular formula is C7H14FN. The third-order valence-electron chi connectivity index (χ3n) is 2.11. The van der Waals surface area contributed by atoms with Gasteiger partial charge in [-0.25, -0.2) is 4.39 Å². The molecule has 54 valence electrons. The van der Waals surface area contributed by atoms with E-state index in [1.807, 2.05) is 0 Å². The fourth-order valence-corrected chi connectivity index (χ4v) is 1.36. The molecule has 1 saturated carbocycles. The summed E-state index contributed by atoms with van der Waals surface area (Å²) in [6.45, 7) is 0.743. The molecule has 0 atom stereocenters. The number of nitrogens with two attached hydrogens (primary N) is 1. The monoisotopic (exact) mass is 131 g/mol. The van der Waals surface area contributed by atoms with Crippen molar-refractivity contribution in [3.63, 3.8) is 0 Å². The lowest BCUT2D eigenvalue weighted by Gasteiger charge is -2.22. The maximum Gasteiger partial charge on any atom is 0.100 e. The zero-order valence-corrected chi connectivity index (χ0v) is 5.65. The van der Waals surface area contributed by atoms with Crippen LogP contribution in [0.15, 0.2) is 0 Å². The van der Waals surface area contributed by atoms with E-state index in [0.717, 1.165) is 32.2 Å². The number of alkyl halides is 1. The Morgan fingerprint density at radius 3 is 2.22 bits per heavy atom. The summed E-state index contributed by atoms with van der Waals surface area (Å²) in [5.74, 6) is 0.608. The van der Waals surface area contributed by atoms with E-state index in [-0.39, 0.29) is 0 Å². The highest BCUT2D eigenvalue weighted by Gasteiger charge is 2.18. The lowest BCUT2D eigenvalue weighted by Crippen LogP contribution is -2.21. The van der Waals surface area contributed by atoms with Crippen LogP contribution in [0.2, 0.25) is 0 Å². The summed E-state index contributed by atoms with van der Waals surface area (Å²) in [7, 11) is 0. The fourth-order valence-electron chi connectivity index (χ4n) is 1.36. The summed E-state index contributed by atoms with van der Waals surface area (Å²) in [5.41, 5.74) is 5.43. The summed E-state index contributed by atoms with van der Waals surface area (Å²) in [6.07, 6.45) is 2.94. The van der Waals surface area contributed by atoms with Gasteiger partial charge in [0.05, 0.1) is 0 Å². The Morgan fingerprint density at radius 2 is 1.78 bits per heavy atom. The van der Waals surface area contributed by atoms with Gasteiger partial charge in [-0.1, -0.05) is 0 Å². The van der Waals surface area contributed by atoms with Crippen LogP contribution in [-0.4, -0.2) is 12.7 Å². The average molecular weight is 131 g/mol. The van der Waals surface area contributed by atoms with Gasteiger partial charge in [-0.15, -0.1) is 0 Å². The van der Waals surface area contributed by atoms with Crippen molar-refractivity contribution in [3.8, 4) is 0 Å². The highest BCUT2D eigenvalue weighted by Crippen LogP contribution is 2.24. The van der Waals surface area contributed by atoms with E-state index in [2.05, 4.69) is 0 Å². The smallest absolute Gasteiger partial charge is 0.100 e. The van der Waals surface area contributed by atoms with E-state index >= 15 is 0 Å². The van der Waals surface area contributed by atoms with Crippen LogP contribution in [0.1, 0.15) is 25.7 Å². The van der Waals surface area contributed by atoms with Gasteiger partial charge in [-0.05, 0) is 38.1 Å². The van der Waals surface area contributed by atoms with Crippen molar-refractivity contribution in [1.82, 2.24) is 0 Å². The van der Waals surface area contributed by atoms with Crippen LogP contribution in [-0.2, 0) is 0 Å². The Kier molecular flexibility index (Phi) is 2.46.